The van der Waals surface area contributed by atoms with Crippen LogP contribution in [0.2, 0.25) is 0 Å². The third-order valence-corrected chi connectivity index (χ3v) is 6.02. The first-order valence-electron chi connectivity index (χ1n) is 11.7. The lowest BCUT2D eigenvalue weighted by Gasteiger charge is -2.27. The molecule has 1 fully saturated rings. The fourth-order valence-corrected chi connectivity index (χ4v) is 4.25. The Bertz CT molecular complexity index is 1140. The van der Waals surface area contributed by atoms with E-state index >= 15 is 0 Å². The Morgan fingerprint density at radius 1 is 1.26 bits per heavy atom. The number of aliphatic carboxylic acids is 1. The lowest BCUT2D eigenvalue weighted by molar-refractivity contribution is -0.143. The highest BCUT2D eigenvalue weighted by molar-refractivity contribution is 5.70. The summed E-state index contributed by atoms with van der Waals surface area (Å²) in [7, 11) is 1.84. The highest BCUT2D eigenvalue weighted by atomic mass is 16.5. The van der Waals surface area contributed by atoms with E-state index in [4.69, 9.17) is 9.72 Å². The van der Waals surface area contributed by atoms with Gasteiger partial charge >= 0.3 is 5.97 Å². The fraction of sp³-hybridized carbons (Fsp3) is 0.565. The van der Waals surface area contributed by atoms with Gasteiger partial charge in [-0.25, -0.2) is 9.67 Å². The third kappa shape index (κ3) is 5.52. The lowest BCUT2D eigenvalue weighted by Crippen LogP contribution is -2.29. The normalized spacial score (nSPS) is 18.3. The Balaban J connectivity index is 1.45. The van der Waals surface area contributed by atoms with Gasteiger partial charge < -0.3 is 15.2 Å². The molecule has 2 atom stereocenters. The van der Waals surface area contributed by atoms with Crippen LogP contribution >= 0.6 is 0 Å². The zero-order chi connectivity index (χ0) is 24.2. The molecule has 0 aliphatic heterocycles. The summed E-state index contributed by atoms with van der Waals surface area (Å²) in [5.41, 5.74) is 2.99. The van der Waals surface area contributed by atoms with E-state index in [9.17, 15) is 9.90 Å². The molecule has 2 unspecified atom stereocenters. The molecule has 34 heavy (non-hydrogen) atoms. The molecule has 0 radical (unpaired) electrons. The van der Waals surface area contributed by atoms with Gasteiger partial charge in [0.15, 0.2) is 5.82 Å². The molecule has 0 saturated heterocycles. The molecule has 4 rings (SSSR count). The number of nitrogens with one attached hydrogen (secondary N) is 1. The first kappa shape index (κ1) is 23.7. The van der Waals surface area contributed by atoms with Gasteiger partial charge in [0.2, 0.25) is 0 Å². The van der Waals surface area contributed by atoms with Crippen LogP contribution in [0.25, 0.3) is 11.4 Å². The van der Waals surface area contributed by atoms with Crippen molar-refractivity contribution in [2.24, 2.45) is 18.9 Å². The second kappa shape index (κ2) is 10.2. The maximum absolute atomic E-state index is 11.3. The number of aryl methyl sites for hydroxylation is 2. The van der Waals surface area contributed by atoms with Crippen molar-refractivity contribution >= 4 is 11.8 Å². The summed E-state index contributed by atoms with van der Waals surface area (Å²) in [5.74, 6) is 0.760. The highest BCUT2D eigenvalue weighted by Crippen LogP contribution is 2.30. The van der Waals surface area contributed by atoms with Gasteiger partial charge in [0, 0.05) is 13.6 Å². The first-order chi connectivity index (χ1) is 16.3. The summed E-state index contributed by atoms with van der Waals surface area (Å²) >= 11 is 0. The predicted octanol–water partition coefficient (Wildman–Crippen LogP) is 3.07. The van der Waals surface area contributed by atoms with E-state index in [0.717, 1.165) is 30.8 Å². The van der Waals surface area contributed by atoms with Gasteiger partial charge in [-0.2, -0.15) is 0 Å². The Labute approximate surface area is 198 Å². The SMILES string of the molecule is Cc1nc(-c2nnn(C)c2CNc2cn(CC(C)C)nn2)ccc1OC1CCCC(C(=O)O)C1. The maximum atomic E-state index is 11.3. The van der Waals surface area contributed by atoms with E-state index in [-0.39, 0.29) is 12.0 Å². The minimum atomic E-state index is -0.746. The smallest absolute Gasteiger partial charge is 0.306 e. The molecule has 1 aliphatic carbocycles. The molecule has 11 nitrogen and oxygen atoms in total. The molecule has 0 bridgehead atoms. The summed E-state index contributed by atoms with van der Waals surface area (Å²) in [4.78, 5) is 16.1. The number of rotatable bonds is 9. The van der Waals surface area contributed by atoms with Crippen molar-refractivity contribution in [2.75, 3.05) is 5.32 Å². The molecule has 1 aliphatic rings. The van der Waals surface area contributed by atoms with Crippen LogP contribution in [0.4, 0.5) is 5.82 Å². The average molecular weight is 469 g/mol. The number of aromatic nitrogens is 7. The van der Waals surface area contributed by atoms with Crippen molar-refractivity contribution in [3.8, 4) is 17.1 Å². The van der Waals surface area contributed by atoms with Crippen LogP contribution in [0.1, 0.15) is 50.9 Å². The minimum absolute atomic E-state index is 0.110. The van der Waals surface area contributed by atoms with Crippen molar-refractivity contribution in [2.45, 2.75) is 65.6 Å². The molecule has 1 saturated carbocycles. The van der Waals surface area contributed by atoms with Gasteiger partial charge in [-0.15, -0.1) is 10.2 Å². The van der Waals surface area contributed by atoms with Gasteiger partial charge in [-0.3, -0.25) is 9.48 Å². The third-order valence-electron chi connectivity index (χ3n) is 6.02. The van der Waals surface area contributed by atoms with E-state index < -0.39 is 5.97 Å². The van der Waals surface area contributed by atoms with Gasteiger partial charge in [0.05, 0.1) is 41.8 Å². The standard InChI is InChI=1S/C23H32N8O3/c1-14(2)12-31-13-21(26-29-31)24-11-19-22(27-28-30(19)4)18-8-9-20(15(3)25-18)34-17-7-5-6-16(10-17)23(32)33/h8-9,13-14,16-17,24H,5-7,10-12H2,1-4H3,(H,32,33). The summed E-state index contributed by atoms with van der Waals surface area (Å²) in [6, 6.07) is 3.75. The topological polar surface area (TPSA) is 133 Å². The summed E-state index contributed by atoms with van der Waals surface area (Å²) < 4.78 is 9.67. The van der Waals surface area contributed by atoms with Gasteiger partial charge in [-0.05, 0) is 50.7 Å². The zero-order valence-electron chi connectivity index (χ0n) is 20.1. The zero-order valence-corrected chi connectivity index (χ0v) is 20.1. The largest absolute Gasteiger partial charge is 0.489 e. The molecule has 0 aromatic carbocycles. The van der Waals surface area contributed by atoms with Crippen LogP contribution in [-0.2, 0) is 24.9 Å². The second-order valence-corrected chi connectivity index (χ2v) is 9.30. The fourth-order valence-electron chi connectivity index (χ4n) is 4.25. The van der Waals surface area contributed by atoms with Crippen molar-refractivity contribution in [3.05, 3.63) is 29.7 Å². The molecule has 3 aromatic rings. The second-order valence-electron chi connectivity index (χ2n) is 9.30. The predicted molar refractivity (Wildman–Crippen MR) is 125 cm³/mol. The molecule has 3 aromatic heterocycles. The number of carbonyl (C=O) groups is 1. The molecule has 182 valence electrons. The molecule has 11 heteroatoms. The molecule has 3 heterocycles. The Morgan fingerprint density at radius 3 is 2.82 bits per heavy atom. The molecule has 0 amide bonds. The Morgan fingerprint density at radius 2 is 2.09 bits per heavy atom. The van der Waals surface area contributed by atoms with Crippen molar-refractivity contribution in [1.29, 1.82) is 0 Å². The number of carboxylic acid groups (broad SMARTS) is 1. The van der Waals surface area contributed by atoms with Gasteiger partial charge in [0.25, 0.3) is 0 Å². The number of hydrogen-bond donors (Lipinski definition) is 2. The summed E-state index contributed by atoms with van der Waals surface area (Å²) in [6.07, 6.45) is 4.72. The van der Waals surface area contributed by atoms with Crippen LogP contribution in [-0.4, -0.2) is 52.2 Å². The van der Waals surface area contributed by atoms with Gasteiger partial charge in [0.1, 0.15) is 11.4 Å². The van der Waals surface area contributed by atoms with E-state index in [1.54, 1.807) is 4.68 Å². The molecular formula is C23H32N8O3. The lowest BCUT2D eigenvalue weighted by atomic mass is 9.87. The van der Waals surface area contributed by atoms with Crippen molar-refractivity contribution in [1.82, 2.24) is 35.0 Å². The van der Waals surface area contributed by atoms with Crippen LogP contribution < -0.4 is 10.1 Å². The highest BCUT2D eigenvalue weighted by Gasteiger charge is 2.28. The number of ether oxygens (including phenoxy) is 1. The van der Waals surface area contributed by atoms with Crippen molar-refractivity contribution in [3.63, 3.8) is 0 Å². The molecule has 2 N–H and O–H groups in total. The monoisotopic (exact) mass is 468 g/mol. The Hall–Kier alpha value is -3.50. The van der Waals surface area contributed by atoms with Crippen LogP contribution in [0.5, 0.6) is 5.75 Å². The summed E-state index contributed by atoms with van der Waals surface area (Å²) in [5, 5.41) is 29.4. The van der Waals surface area contributed by atoms with E-state index in [0.29, 0.717) is 48.3 Å². The Kier molecular flexibility index (Phi) is 7.09. The number of carboxylic acids is 1. The average Bonchev–Trinajstić information content (AvgIpc) is 3.39. The number of anilines is 1. The molecule has 0 spiro atoms. The van der Waals surface area contributed by atoms with E-state index in [1.165, 1.54) is 0 Å². The minimum Gasteiger partial charge on any atom is -0.489 e. The quantitative estimate of drug-likeness (QED) is 0.486. The number of nitrogens with zero attached hydrogens (tertiary/aromatic N) is 7. The molecular weight excluding hydrogens is 436 g/mol. The van der Waals surface area contributed by atoms with Crippen LogP contribution in [0.3, 0.4) is 0 Å². The number of pyridine rings is 1. The van der Waals surface area contributed by atoms with Crippen molar-refractivity contribution < 1.29 is 14.6 Å². The number of hydrogen-bond acceptors (Lipinski definition) is 8. The first-order valence-corrected chi connectivity index (χ1v) is 11.7. The summed E-state index contributed by atoms with van der Waals surface area (Å²) in [6.45, 7) is 7.43. The van der Waals surface area contributed by atoms with Crippen LogP contribution in [0.15, 0.2) is 18.3 Å². The van der Waals surface area contributed by atoms with E-state index in [2.05, 4.69) is 39.8 Å². The van der Waals surface area contributed by atoms with E-state index in [1.807, 2.05) is 37.0 Å². The maximum Gasteiger partial charge on any atom is 0.306 e. The van der Waals surface area contributed by atoms with Crippen LogP contribution in [0, 0.1) is 18.8 Å². The van der Waals surface area contributed by atoms with Gasteiger partial charge in [-0.1, -0.05) is 24.3 Å².